The lowest BCUT2D eigenvalue weighted by molar-refractivity contribution is 0.0947. The summed E-state index contributed by atoms with van der Waals surface area (Å²) in [5.41, 5.74) is 0.400. The molecule has 5 heteroatoms. The molecule has 0 atom stereocenters. The maximum absolute atomic E-state index is 12.2. The van der Waals surface area contributed by atoms with Gasteiger partial charge in [0, 0.05) is 13.0 Å². The lowest BCUT2D eigenvalue weighted by Gasteiger charge is -2.12. The first-order valence-corrected chi connectivity index (χ1v) is 6.28. The molecule has 0 aliphatic carbocycles. The maximum Gasteiger partial charge on any atom is 0.258 e. The number of nitrogens with one attached hydrogen (secondary N) is 1. The van der Waals surface area contributed by atoms with E-state index in [1.165, 1.54) is 14.2 Å². The van der Waals surface area contributed by atoms with Crippen molar-refractivity contribution in [3.63, 3.8) is 0 Å². The molecule has 2 rings (SSSR count). The highest BCUT2D eigenvalue weighted by Gasteiger charge is 2.17. The summed E-state index contributed by atoms with van der Waals surface area (Å²) in [7, 11) is 3.04. The molecular weight excluding hydrogens is 258 g/mol. The van der Waals surface area contributed by atoms with E-state index in [2.05, 4.69) is 5.32 Å². The molecule has 0 spiro atoms. The predicted octanol–water partition coefficient (Wildman–Crippen LogP) is 2.27. The van der Waals surface area contributed by atoms with Crippen molar-refractivity contribution in [2.75, 3.05) is 20.8 Å². The first-order chi connectivity index (χ1) is 9.76. The lowest BCUT2D eigenvalue weighted by Crippen LogP contribution is -2.26. The van der Waals surface area contributed by atoms with E-state index in [0.717, 1.165) is 5.76 Å². The number of carbonyl (C=O) groups is 1. The summed E-state index contributed by atoms with van der Waals surface area (Å²) in [4.78, 5) is 12.2. The maximum atomic E-state index is 12.2. The first kappa shape index (κ1) is 14.0. The van der Waals surface area contributed by atoms with Crippen LogP contribution in [0, 0.1) is 0 Å². The molecule has 0 radical (unpaired) electrons. The predicted molar refractivity (Wildman–Crippen MR) is 74.3 cm³/mol. The van der Waals surface area contributed by atoms with Crippen LogP contribution in [0.3, 0.4) is 0 Å². The highest BCUT2D eigenvalue weighted by molar-refractivity contribution is 5.99. The average Bonchev–Trinajstić information content (AvgIpc) is 2.99. The fraction of sp³-hybridized carbons (Fsp3) is 0.267. The molecule has 1 N–H and O–H groups in total. The van der Waals surface area contributed by atoms with Gasteiger partial charge in [-0.25, -0.2) is 0 Å². The molecule has 20 heavy (non-hydrogen) atoms. The molecule has 0 aliphatic heterocycles. The van der Waals surface area contributed by atoms with Gasteiger partial charge in [0.2, 0.25) is 0 Å². The van der Waals surface area contributed by atoms with E-state index in [1.54, 1.807) is 24.5 Å². The first-order valence-electron chi connectivity index (χ1n) is 6.28. The number of amides is 1. The molecule has 1 amide bonds. The Morgan fingerprint density at radius 2 is 1.85 bits per heavy atom. The number of furan rings is 1. The Morgan fingerprint density at radius 3 is 2.40 bits per heavy atom. The van der Waals surface area contributed by atoms with Crippen LogP contribution >= 0.6 is 0 Å². The normalized spacial score (nSPS) is 10.1. The summed E-state index contributed by atoms with van der Waals surface area (Å²) in [6.45, 7) is 0.480. The topological polar surface area (TPSA) is 60.7 Å². The van der Waals surface area contributed by atoms with E-state index in [0.29, 0.717) is 30.0 Å². The van der Waals surface area contributed by atoms with E-state index >= 15 is 0 Å². The van der Waals surface area contributed by atoms with Crippen molar-refractivity contribution in [3.05, 3.63) is 47.9 Å². The van der Waals surface area contributed by atoms with Crippen molar-refractivity contribution in [1.82, 2.24) is 5.32 Å². The SMILES string of the molecule is COc1cccc(OC)c1C(=O)NCCc1ccco1. The number of ether oxygens (including phenoxy) is 2. The largest absolute Gasteiger partial charge is 0.496 e. The second-order valence-corrected chi connectivity index (χ2v) is 4.12. The molecular formula is C15H17NO4. The molecule has 1 aromatic heterocycles. The number of methoxy groups -OCH3 is 2. The summed E-state index contributed by atoms with van der Waals surface area (Å²) in [5, 5.41) is 2.83. The molecule has 5 nitrogen and oxygen atoms in total. The average molecular weight is 275 g/mol. The van der Waals surface area contributed by atoms with Gasteiger partial charge < -0.3 is 19.2 Å². The van der Waals surface area contributed by atoms with Gasteiger partial charge in [-0.15, -0.1) is 0 Å². The minimum atomic E-state index is -0.231. The molecule has 0 saturated heterocycles. The van der Waals surface area contributed by atoms with Crippen molar-refractivity contribution in [2.45, 2.75) is 6.42 Å². The Labute approximate surface area is 117 Å². The fourth-order valence-corrected chi connectivity index (χ4v) is 1.92. The van der Waals surface area contributed by atoms with Gasteiger partial charge in [0.1, 0.15) is 22.8 Å². The Hall–Kier alpha value is -2.43. The van der Waals surface area contributed by atoms with Gasteiger partial charge >= 0.3 is 0 Å². The smallest absolute Gasteiger partial charge is 0.258 e. The van der Waals surface area contributed by atoms with Gasteiger partial charge in [-0.2, -0.15) is 0 Å². The second-order valence-electron chi connectivity index (χ2n) is 4.12. The molecule has 0 aliphatic rings. The third-order valence-corrected chi connectivity index (χ3v) is 2.89. The summed E-state index contributed by atoms with van der Waals surface area (Å²) in [6, 6.07) is 8.92. The van der Waals surface area contributed by atoms with Gasteiger partial charge in [0.05, 0.1) is 20.5 Å². The Balaban J connectivity index is 2.04. The van der Waals surface area contributed by atoms with Gasteiger partial charge in [-0.05, 0) is 24.3 Å². The molecule has 0 fully saturated rings. The van der Waals surface area contributed by atoms with Crippen molar-refractivity contribution < 1.29 is 18.7 Å². The van der Waals surface area contributed by atoms with E-state index in [9.17, 15) is 4.79 Å². The minimum absolute atomic E-state index is 0.231. The summed E-state index contributed by atoms with van der Waals surface area (Å²) in [6.07, 6.45) is 2.25. The summed E-state index contributed by atoms with van der Waals surface area (Å²) >= 11 is 0. The Bertz CT molecular complexity index is 541. The highest BCUT2D eigenvalue weighted by Crippen LogP contribution is 2.27. The van der Waals surface area contributed by atoms with Crippen molar-refractivity contribution >= 4 is 5.91 Å². The standard InChI is InChI=1S/C15H17NO4/c1-18-12-6-3-7-13(19-2)14(12)15(17)16-9-8-11-5-4-10-20-11/h3-7,10H,8-9H2,1-2H3,(H,16,17). The molecule has 1 heterocycles. The summed E-state index contributed by atoms with van der Waals surface area (Å²) in [5.74, 6) is 1.57. The Morgan fingerprint density at radius 1 is 1.15 bits per heavy atom. The number of benzene rings is 1. The van der Waals surface area contributed by atoms with Crippen LogP contribution in [0.2, 0.25) is 0 Å². The van der Waals surface area contributed by atoms with Crippen LogP contribution in [0.15, 0.2) is 41.0 Å². The number of hydrogen-bond donors (Lipinski definition) is 1. The third-order valence-electron chi connectivity index (χ3n) is 2.89. The van der Waals surface area contributed by atoms with Crippen LogP contribution in [0.25, 0.3) is 0 Å². The molecule has 0 unspecified atom stereocenters. The summed E-state index contributed by atoms with van der Waals surface area (Å²) < 4.78 is 15.6. The highest BCUT2D eigenvalue weighted by atomic mass is 16.5. The van der Waals surface area contributed by atoms with E-state index < -0.39 is 0 Å². The van der Waals surface area contributed by atoms with Crippen LogP contribution in [0.4, 0.5) is 0 Å². The van der Waals surface area contributed by atoms with Crippen LogP contribution in [-0.2, 0) is 6.42 Å². The van der Waals surface area contributed by atoms with E-state index in [-0.39, 0.29) is 5.91 Å². The minimum Gasteiger partial charge on any atom is -0.496 e. The van der Waals surface area contributed by atoms with Crippen molar-refractivity contribution in [2.24, 2.45) is 0 Å². The fourth-order valence-electron chi connectivity index (χ4n) is 1.92. The number of hydrogen-bond acceptors (Lipinski definition) is 4. The Kier molecular flexibility index (Phi) is 4.65. The molecule has 0 saturated carbocycles. The van der Waals surface area contributed by atoms with E-state index in [1.807, 2.05) is 12.1 Å². The second kappa shape index (κ2) is 6.65. The molecule has 0 bridgehead atoms. The van der Waals surface area contributed by atoms with Gasteiger partial charge in [0.15, 0.2) is 0 Å². The number of rotatable bonds is 6. The van der Waals surface area contributed by atoms with Crippen molar-refractivity contribution in [1.29, 1.82) is 0 Å². The molecule has 1 aromatic carbocycles. The zero-order valence-electron chi connectivity index (χ0n) is 11.5. The van der Waals surface area contributed by atoms with Gasteiger partial charge in [-0.1, -0.05) is 6.07 Å². The van der Waals surface area contributed by atoms with Crippen molar-refractivity contribution in [3.8, 4) is 11.5 Å². The third kappa shape index (κ3) is 3.12. The van der Waals surface area contributed by atoms with Gasteiger partial charge in [0.25, 0.3) is 5.91 Å². The van der Waals surface area contributed by atoms with E-state index in [4.69, 9.17) is 13.9 Å². The molecule has 2 aromatic rings. The molecule has 106 valence electrons. The van der Waals surface area contributed by atoms with Crippen LogP contribution in [-0.4, -0.2) is 26.7 Å². The number of carbonyl (C=O) groups excluding carboxylic acids is 1. The van der Waals surface area contributed by atoms with Gasteiger partial charge in [-0.3, -0.25) is 4.79 Å². The van der Waals surface area contributed by atoms with Crippen LogP contribution < -0.4 is 14.8 Å². The zero-order chi connectivity index (χ0) is 14.4. The quantitative estimate of drug-likeness (QED) is 0.878. The monoisotopic (exact) mass is 275 g/mol. The van der Waals surface area contributed by atoms with Crippen LogP contribution in [0.1, 0.15) is 16.1 Å². The lowest BCUT2D eigenvalue weighted by atomic mass is 10.1. The zero-order valence-corrected chi connectivity index (χ0v) is 11.5. The van der Waals surface area contributed by atoms with Crippen LogP contribution in [0.5, 0.6) is 11.5 Å².